The van der Waals surface area contributed by atoms with E-state index in [1.54, 1.807) is 0 Å². The van der Waals surface area contributed by atoms with Gasteiger partial charge < -0.3 is 19.7 Å². The van der Waals surface area contributed by atoms with Crippen molar-refractivity contribution >= 4 is 17.6 Å². The molecule has 0 aromatic heterocycles. The number of alkyl halides is 6. The van der Waals surface area contributed by atoms with Crippen LogP contribution in [0.5, 0.6) is 0 Å². The first-order valence-corrected chi connectivity index (χ1v) is 9.91. The molecule has 35 heavy (non-hydrogen) atoms. The van der Waals surface area contributed by atoms with Crippen LogP contribution < -0.4 is 5.32 Å². The van der Waals surface area contributed by atoms with E-state index in [1.807, 2.05) is 0 Å². The van der Waals surface area contributed by atoms with E-state index in [4.69, 9.17) is 0 Å². The highest BCUT2D eigenvalue weighted by Crippen LogP contribution is 2.55. The number of nitrogens with zero attached hydrogens (tertiary/aromatic N) is 1. The zero-order chi connectivity index (χ0) is 27.0. The van der Waals surface area contributed by atoms with Gasteiger partial charge in [-0.2, -0.15) is 26.3 Å². The van der Waals surface area contributed by atoms with Crippen LogP contribution in [0.15, 0.2) is 24.3 Å². The quantitative estimate of drug-likeness (QED) is 0.223. The van der Waals surface area contributed by atoms with Gasteiger partial charge in [-0.3, -0.25) is 19.7 Å². The van der Waals surface area contributed by atoms with Crippen LogP contribution >= 0.6 is 0 Å². The molecule has 0 spiro atoms. The summed E-state index contributed by atoms with van der Waals surface area (Å²) in [5.74, 6) is -12.5. The van der Waals surface area contributed by atoms with Gasteiger partial charge in [0.1, 0.15) is 11.8 Å². The summed E-state index contributed by atoms with van der Waals surface area (Å²) in [4.78, 5) is 35.5. The summed E-state index contributed by atoms with van der Waals surface area (Å²) in [6, 6.07) is 3.03. The third kappa shape index (κ3) is 4.90. The second-order valence-corrected chi connectivity index (χ2v) is 7.49. The van der Waals surface area contributed by atoms with E-state index in [9.17, 15) is 56.3 Å². The SMILES string of the molecule is CCOC(=O)C1C(c2cccc([N+](=O)[O-])c2)C(C(=O)OCC)C(O)(C(F)(F)F)NC1(O)C(F)(F)F. The third-order valence-electron chi connectivity index (χ3n) is 5.41. The van der Waals surface area contributed by atoms with Crippen molar-refractivity contribution < 1.29 is 60.5 Å². The number of non-ortho nitro benzene ring substituents is 1. The van der Waals surface area contributed by atoms with E-state index in [0.29, 0.717) is 11.4 Å². The number of nitro benzene ring substituents is 1. The number of ether oxygens (including phenoxy) is 2. The Bertz CT molecular complexity index is 939. The maximum atomic E-state index is 14.1. The molecule has 1 heterocycles. The molecule has 1 aliphatic heterocycles. The molecule has 0 saturated carbocycles. The van der Waals surface area contributed by atoms with Crippen molar-refractivity contribution in [2.45, 2.75) is 43.6 Å². The molecule has 0 amide bonds. The lowest BCUT2D eigenvalue weighted by molar-refractivity contribution is -0.385. The highest BCUT2D eigenvalue weighted by atomic mass is 19.4. The zero-order valence-electron chi connectivity index (χ0n) is 18.0. The van der Waals surface area contributed by atoms with Crippen molar-refractivity contribution in [1.29, 1.82) is 0 Å². The maximum Gasteiger partial charge on any atom is 0.432 e. The molecule has 2 rings (SSSR count). The number of carbonyl (C=O) groups is 2. The number of nitrogens with one attached hydrogen (secondary N) is 1. The highest BCUT2D eigenvalue weighted by molar-refractivity contribution is 5.81. The molecule has 4 unspecified atom stereocenters. The monoisotopic (exact) mass is 518 g/mol. The number of hydrogen-bond acceptors (Lipinski definition) is 9. The lowest BCUT2D eigenvalue weighted by atomic mass is 9.64. The molecule has 1 fully saturated rings. The van der Waals surface area contributed by atoms with Gasteiger partial charge in [0.05, 0.1) is 18.1 Å². The Balaban J connectivity index is 3.02. The normalized spacial score (nSPS) is 29.4. The van der Waals surface area contributed by atoms with Crippen LogP contribution in [0.4, 0.5) is 32.0 Å². The van der Waals surface area contributed by atoms with Crippen LogP contribution in [0.2, 0.25) is 0 Å². The first-order valence-electron chi connectivity index (χ1n) is 9.91. The molecule has 0 bridgehead atoms. The van der Waals surface area contributed by atoms with Crippen LogP contribution in [-0.2, 0) is 19.1 Å². The molecule has 3 N–H and O–H groups in total. The number of nitro groups is 1. The van der Waals surface area contributed by atoms with Gasteiger partial charge in [-0.15, -0.1) is 0 Å². The number of hydrogen-bond donors (Lipinski definition) is 3. The Morgan fingerprint density at radius 1 is 1.00 bits per heavy atom. The average molecular weight is 518 g/mol. The summed E-state index contributed by atoms with van der Waals surface area (Å²) in [6.45, 7) is 1.13. The maximum absolute atomic E-state index is 14.1. The van der Waals surface area contributed by atoms with E-state index in [0.717, 1.165) is 32.0 Å². The number of piperidine rings is 1. The minimum absolute atomic E-state index is 0.516. The second-order valence-electron chi connectivity index (χ2n) is 7.49. The van der Waals surface area contributed by atoms with Gasteiger partial charge in [0.25, 0.3) is 5.69 Å². The molecule has 1 aromatic rings. The zero-order valence-corrected chi connectivity index (χ0v) is 18.0. The van der Waals surface area contributed by atoms with Crippen LogP contribution in [0, 0.1) is 22.0 Å². The standard InChI is InChI=1S/C19H20F6N2O8/c1-3-34-14(28)12-11(9-6-5-7-10(8-9)27(32)33)13(15(29)35-4-2)17(31,19(23,24)25)26-16(12,30)18(20,21)22/h5-8,11-13,26,30-31H,3-4H2,1-2H3. The van der Waals surface area contributed by atoms with Crippen molar-refractivity contribution in [2.75, 3.05) is 13.2 Å². The molecule has 4 atom stereocenters. The van der Waals surface area contributed by atoms with Crippen LogP contribution in [-0.4, -0.2) is 64.1 Å². The Morgan fingerprint density at radius 2 is 1.43 bits per heavy atom. The molecule has 0 radical (unpaired) electrons. The fourth-order valence-electron chi connectivity index (χ4n) is 3.98. The van der Waals surface area contributed by atoms with Gasteiger partial charge in [-0.05, 0) is 19.4 Å². The Labute approximate surface area is 193 Å². The lowest BCUT2D eigenvalue weighted by Gasteiger charge is -2.54. The molecule has 1 aromatic carbocycles. The van der Waals surface area contributed by atoms with E-state index < -0.39 is 82.9 Å². The number of carbonyl (C=O) groups excluding carboxylic acids is 2. The molecule has 10 nitrogen and oxygen atoms in total. The van der Waals surface area contributed by atoms with Gasteiger partial charge >= 0.3 is 24.3 Å². The van der Waals surface area contributed by atoms with E-state index in [-0.39, 0.29) is 0 Å². The van der Waals surface area contributed by atoms with Gasteiger partial charge in [0, 0.05) is 18.1 Å². The second kappa shape index (κ2) is 9.58. The number of rotatable bonds is 6. The molecule has 196 valence electrons. The summed E-state index contributed by atoms with van der Waals surface area (Å²) in [7, 11) is 0. The Morgan fingerprint density at radius 3 is 1.77 bits per heavy atom. The van der Waals surface area contributed by atoms with Crippen LogP contribution in [0.3, 0.4) is 0 Å². The molecule has 1 aliphatic rings. The Kier molecular flexibility index (Phi) is 7.73. The average Bonchev–Trinajstić information content (AvgIpc) is 2.71. The number of benzene rings is 1. The summed E-state index contributed by atoms with van der Waals surface area (Å²) in [5.41, 5.74) is -11.2. The lowest BCUT2D eigenvalue weighted by Crippen LogP contribution is -2.81. The van der Waals surface area contributed by atoms with Gasteiger partial charge in [0.2, 0.25) is 11.4 Å². The smallest absolute Gasteiger partial charge is 0.432 e. The van der Waals surface area contributed by atoms with Crippen molar-refractivity contribution in [3.05, 3.63) is 39.9 Å². The molecule has 0 aliphatic carbocycles. The summed E-state index contributed by atoms with van der Waals surface area (Å²) in [6.07, 6.45) is -12.1. The third-order valence-corrected chi connectivity index (χ3v) is 5.41. The summed E-state index contributed by atoms with van der Waals surface area (Å²) < 4.78 is 93.5. The Hall–Kier alpha value is -2.98. The van der Waals surface area contributed by atoms with Gasteiger partial charge in [-0.1, -0.05) is 12.1 Å². The van der Waals surface area contributed by atoms with Crippen molar-refractivity contribution in [2.24, 2.45) is 11.8 Å². The largest absolute Gasteiger partial charge is 0.466 e. The number of aliphatic hydroxyl groups is 2. The van der Waals surface area contributed by atoms with Crippen molar-refractivity contribution in [3.8, 4) is 0 Å². The number of halogens is 6. The molecular weight excluding hydrogens is 498 g/mol. The summed E-state index contributed by atoms with van der Waals surface area (Å²) in [5, 5.41) is 32.9. The van der Waals surface area contributed by atoms with E-state index in [2.05, 4.69) is 9.47 Å². The first kappa shape index (κ1) is 28.3. The minimum atomic E-state index is -6.05. The fourth-order valence-corrected chi connectivity index (χ4v) is 3.98. The van der Waals surface area contributed by atoms with Crippen LogP contribution in [0.25, 0.3) is 0 Å². The summed E-state index contributed by atoms with van der Waals surface area (Å²) >= 11 is 0. The minimum Gasteiger partial charge on any atom is -0.466 e. The van der Waals surface area contributed by atoms with Gasteiger partial charge in [0.15, 0.2) is 0 Å². The molecular formula is C19H20F6N2O8. The molecule has 16 heteroatoms. The van der Waals surface area contributed by atoms with E-state index in [1.165, 1.54) is 0 Å². The first-order chi connectivity index (χ1) is 16.0. The van der Waals surface area contributed by atoms with Crippen molar-refractivity contribution in [3.63, 3.8) is 0 Å². The predicted molar refractivity (Wildman–Crippen MR) is 101 cm³/mol. The van der Waals surface area contributed by atoms with Crippen LogP contribution in [0.1, 0.15) is 25.3 Å². The molecule has 1 saturated heterocycles. The topological polar surface area (TPSA) is 148 Å². The predicted octanol–water partition coefficient (Wildman–Crippen LogP) is 2.14. The van der Waals surface area contributed by atoms with Crippen molar-refractivity contribution in [1.82, 2.24) is 5.32 Å². The highest BCUT2D eigenvalue weighted by Gasteiger charge is 2.78. The van der Waals surface area contributed by atoms with E-state index >= 15 is 0 Å². The number of esters is 2. The fraction of sp³-hybridized carbons (Fsp3) is 0.579. The van der Waals surface area contributed by atoms with Gasteiger partial charge in [-0.25, -0.2) is 5.32 Å².